The van der Waals surface area contributed by atoms with Crippen LogP contribution in [0, 0.1) is 11.8 Å². The highest BCUT2D eigenvalue weighted by atomic mass is 16.6. The Balaban J connectivity index is 1.90. The number of carbonyl (C=O) groups is 2. The Kier molecular flexibility index (Phi) is 4.53. The SMILES string of the molecule is C[C@H]1[C@H](C)C(=O)N(c2cnn3c2CN(C(=O)OC(C)(C)C)[C@@H](C)C3)[C@@H]1C. The normalized spacial score (nSPS) is 29.1. The largest absolute Gasteiger partial charge is 0.444 e. The van der Waals surface area contributed by atoms with Crippen molar-refractivity contribution < 1.29 is 14.3 Å². The Bertz CT molecular complexity index is 721. The second kappa shape index (κ2) is 6.28. The average Bonchev–Trinajstić information content (AvgIpc) is 3.00. The van der Waals surface area contributed by atoms with Crippen molar-refractivity contribution in [1.82, 2.24) is 14.7 Å². The molecule has 0 aliphatic carbocycles. The first-order chi connectivity index (χ1) is 12.0. The highest BCUT2D eigenvalue weighted by molar-refractivity contribution is 5.98. The Labute approximate surface area is 155 Å². The molecule has 1 fully saturated rings. The number of aromatic nitrogens is 2. The summed E-state index contributed by atoms with van der Waals surface area (Å²) in [5.74, 6) is 0.399. The van der Waals surface area contributed by atoms with Gasteiger partial charge in [0.1, 0.15) is 5.60 Å². The van der Waals surface area contributed by atoms with Gasteiger partial charge in [0.05, 0.1) is 36.7 Å². The third-order valence-corrected chi connectivity index (χ3v) is 5.69. The molecule has 2 aliphatic heterocycles. The van der Waals surface area contributed by atoms with Gasteiger partial charge in [0.15, 0.2) is 0 Å². The number of carbonyl (C=O) groups excluding carboxylic acids is 2. The molecule has 0 N–H and O–H groups in total. The van der Waals surface area contributed by atoms with Crippen LogP contribution in [0.2, 0.25) is 0 Å². The topological polar surface area (TPSA) is 67.7 Å². The van der Waals surface area contributed by atoms with E-state index in [0.717, 1.165) is 11.4 Å². The van der Waals surface area contributed by atoms with Gasteiger partial charge in [-0.15, -0.1) is 0 Å². The molecule has 4 atom stereocenters. The zero-order chi connectivity index (χ0) is 19.4. The van der Waals surface area contributed by atoms with Crippen molar-refractivity contribution in [2.75, 3.05) is 4.90 Å². The number of fused-ring (bicyclic) bond motifs is 1. The molecule has 0 saturated carbocycles. The van der Waals surface area contributed by atoms with Crippen LogP contribution in [0.3, 0.4) is 0 Å². The minimum Gasteiger partial charge on any atom is -0.444 e. The first-order valence-corrected chi connectivity index (χ1v) is 9.38. The highest BCUT2D eigenvalue weighted by Crippen LogP contribution is 2.37. The molecule has 1 aromatic rings. The maximum atomic E-state index is 12.8. The van der Waals surface area contributed by atoms with Crippen LogP contribution in [0.4, 0.5) is 10.5 Å². The summed E-state index contributed by atoms with van der Waals surface area (Å²) in [6.07, 6.45) is 1.44. The van der Waals surface area contributed by atoms with Gasteiger partial charge in [-0.2, -0.15) is 5.10 Å². The Morgan fingerprint density at radius 3 is 2.42 bits per heavy atom. The summed E-state index contributed by atoms with van der Waals surface area (Å²) < 4.78 is 7.47. The van der Waals surface area contributed by atoms with Gasteiger partial charge in [-0.05, 0) is 40.5 Å². The lowest BCUT2D eigenvalue weighted by Crippen LogP contribution is -2.47. The maximum absolute atomic E-state index is 12.8. The lowest BCUT2D eigenvalue weighted by molar-refractivity contribution is -0.120. The molecule has 3 rings (SSSR count). The molecule has 0 radical (unpaired) electrons. The summed E-state index contributed by atoms with van der Waals surface area (Å²) in [6.45, 7) is 14.7. The van der Waals surface area contributed by atoms with Crippen molar-refractivity contribution in [3.63, 3.8) is 0 Å². The number of nitrogens with zero attached hydrogens (tertiary/aromatic N) is 4. The summed E-state index contributed by atoms with van der Waals surface area (Å²) in [4.78, 5) is 29.0. The molecule has 7 nitrogen and oxygen atoms in total. The second-order valence-electron chi connectivity index (χ2n) is 8.71. The summed E-state index contributed by atoms with van der Waals surface area (Å²) in [6, 6.07) is 0.0929. The van der Waals surface area contributed by atoms with Crippen LogP contribution in [-0.4, -0.2) is 44.4 Å². The summed E-state index contributed by atoms with van der Waals surface area (Å²) in [5.41, 5.74) is 1.18. The first kappa shape index (κ1) is 18.7. The summed E-state index contributed by atoms with van der Waals surface area (Å²) >= 11 is 0. The predicted molar refractivity (Wildman–Crippen MR) is 98.7 cm³/mol. The molecular formula is C19H30N4O3. The molecule has 0 aromatic carbocycles. The lowest BCUT2D eigenvalue weighted by Gasteiger charge is -2.36. The zero-order valence-corrected chi connectivity index (χ0v) is 16.8. The van der Waals surface area contributed by atoms with E-state index in [2.05, 4.69) is 18.9 Å². The molecule has 1 saturated heterocycles. The fourth-order valence-electron chi connectivity index (χ4n) is 3.79. The molecule has 0 spiro atoms. The summed E-state index contributed by atoms with van der Waals surface area (Å²) in [7, 11) is 0. The third kappa shape index (κ3) is 3.08. The van der Waals surface area contributed by atoms with Gasteiger partial charge in [-0.1, -0.05) is 13.8 Å². The van der Waals surface area contributed by atoms with Crippen molar-refractivity contribution in [2.45, 2.75) is 79.2 Å². The average molecular weight is 362 g/mol. The van der Waals surface area contributed by atoms with Gasteiger partial charge >= 0.3 is 6.09 Å². The molecule has 2 amide bonds. The van der Waals surface area contributed by atoms with Gasteiger partial charge in [-0.25, -0.2) is 4.79 Å². The van der Waals surface area contributed by atoms with Crippen LogP contribution in [0.25, 0.3) is 0 Å². The fraction of sp³-hybridized carbons (Fsp3) is 0.737. The minimum atomic E-state index is -0.540. The molecular weight excluding hydrogens is 332 g/mol. The van der Waals surface area contributed by atoms with Gasteiger partial charge in [0.25, 0.3) is 0 Å². The van der Waals surface area contributed by atoms with Crippen molar-refractivity contribution >= 4 is 17.7 Å². The smallest absolute Gasteiger partial charge is 0.410 e. The quantitative estimate of drug-likeness (QED) is 0.770. The highest BCUT2D eigenvalue weighted by Gasteiger charge is 2.44. The van der Waals surface area contributed by atoms with E-state index in [1.807, 2.05) is 44.2 Å². The van der Waals surface area contributed by atoms with E-state index in [1.54, 1.807) is 11.1 Å². The van der Waals surface area contributed by atoms with E-state index in [9.17, 15) is 9.59 Å². The maximum Gasteiger partial charge on any atom is 0.410 e. The number of amides is 2. The van der Waals surface area contributed by atoms with E-state index in [-0.39, 0.29) is 35.9 Å². The van der Waals surface area contributed by atoms with Gasteiger partial charge in [-0.3, -0.25) is 14.4 Å². The lowest BCUT2D eigenvalue weighted by atomic mass is 9.95. The number of anilines is 1. The molecule has 0 bridgehead atoms. The monoisotopic (exact) mass is 362 g/mol. The van der Waals surface area contributed by atoms with Gasteiger partial charge in [0.2, 0.25) is 5.91 Å². The van der Waals surface area contributed by atoms with Crippen LogP contribution >= 0.6 is 0 Å². The Hall–Kier alpha value is -2.05. The van der Waals surface area contributed by atoms with Crippen molar-refractivity contribution in [2.24, 2.45) is 11.8 Å². The van der Waals surface area contributed by atoms with Crippen LogP contribution in [0.15, 0.2) is 6.20 Å². The number of rotatable bonds is 1. The molecule has 2 aliphatic rings. The molecule has 7 heteroatoms. The van der Waals surface area contributed by atoms with Crippen LogP contribution in [0.1, 0.15) is 54.2 Å². The van der Waals surface area contributed by atoms with E-state index < -0.39 is 5.60 Å². The third-order valence-electron chi connectivity index (χ3n) is 5.69. The number of hydrogen-bond acceptors (Lipinski definition) is 4. The van der Waals surface area contributed by atoms with E-state index >= 15 is 0 Å². The fourth-order valence-corrected chi connectivity index (χ4v) is 3.79. The Morgan fingerprint density at radius 1 is 1.23 bits per heavy atom. The van der Waals surface area contributed by atoms with E-state index in [4.69, 9.17) is 4.74 Å². The Morgan fingerprint density at radius 2 is 1.88 bits per heavy atom. The van der Waals surface area contributed by atoms with Gasteiger partial charge in [0, 0.05) is 12.0 Å². The second-order valence-corrected chi connectivity index (χ2v) is 8.71. The standard InChI is InChI=1S/C19H30N4O3/c1-11-9-22-16(10-21(11)18(25)26-19(5,6)7)15(8-20-22)23-14(4)12(2)13(3)17(23)24/h8,11-14H,9-10H2,1-7H3/t11-,12-,13-,14+/m0/s1. The molecule has 0 unspecified atom stereocenters. The van der Waals surface area contributed by atoms with Crippen LogP contribution in [-0.2, 0) is 22.6 Å². The van der Waals surface area contributed by atoms with Crippen LogP contribution < -0.4 is 4.90 Å². The molecule has 1 aromatic heterocycles. The first-order valence-electron chi connectivity index (χ1n) is 9.38. The number of ether oxygens (including phenoxy) is 1. The van der Waals surface area contributed by atoms with E-state index in [1.165, 1.54) is 0 Å². The molecule has 144 valence electrons. The zero-order valence-electron chi connectivity index (χ0n) is 16.8. The number of hydrogen-bond donors (Lipinski definition) is 0. The van der Waals surface area contributed by atoms with Crippen LogP contribution in [0.5, 0.6) is 0 Å². The van der Waals surface area contributed by atoms with E-state index in [0.29, 0.717) is 13.1 Å². The predicted octanol–water partition coefficient (Wildman–Crippen LogP) is 3.03. The molecule has 3 heterocycles. The summed E-state index contributed by atoms with van der Waals surface area (Å²) in [5, 5.41) is 4.48. The molecule has 26 heavy (non-hydrogen) atoms. The van der Waals surface area contributed by atoms with Crippen molar-refractivity contribution in [3.8, 4) is 0 Å². The van der Waals surface area contributed by atoms with Gasteiger partial charge < -0.3 is 9.64 Å². The van der Waals surface area contributed by atoms with Crippen molar-refractivity contribution in [1.29, 1.82) is 0 Å². The minimum absolute atomic E-state index is 0.00924. The van der Waals surface area contributed by atoms with Crippen molar-refractivity contribution in [3.05, 3.63) is 11.9 Å².